The van der Waals surface area contributed by atoms with Crippen LogP contribution in [-0.4, -0.2) is 138 Å². The standard InChI is InChI=1S/C12H14O10.C6H12O6/c13-3-5(14)9(16)10(17)6(15)4-21-12(20)8-2-1-7(22-8)11(18)19;7-1-3(9)5(11)6(12)4(10)2-8/h1-2,5,9-10,13-14,16-17H,3-4H2,(H,18,19);1,3-6,8-12H,2H2/t5-,9-,10-;3-,4+,5+,6+/m10/s1. The number of hydrogen-bond donors (Lipinski definition) is 10. The lowest BCUT2D eigenvalue weighted by molar-refractivity contribution is -0.143. The number of rotatable bonds is 13. The van der Waals surface area contributed by atoms with Gasteiger partial charge in [-0.25, -0.2) is 9.59 Å². The second kappa shape index (κ2) is 15.2. The molecule has 34 heavy (non-hydrogen) atoms. The van der Waals surface area contributed by atoms with E-state index in [0.29, 0.717) is 0 Å². The van der Waals surface area contributed by atoms with E-state index in [4.69, 9.17) is 40.9 Å². The summed E-state index contributed by atoms with van der Waals surface area (Å²) in [6, 6.07) is 2.04. The Balaban J connectivity index is 0.000000770. The summed E-state index contributed by atoms with van der Waals surface area (Å²) in [4.78, 5) is 43.4. The number of aromatic carboxylic acids is 1. The molecular weight excluding hydrogens is 472 g/mol. The van der Waals surface area contributed by atoms with Gasteiger partial charge in [-0.2, -0.15) is 0 Å². The van der Waals surface area contributed by atoms with Gasteiger partial charge in [0.05, 0.1) is 13.2 Å². The molecule has 1 rings (SSSR count). The van der Waals surface area contributed by atoms with Crippen LogP contribution in [0.5, 0.6) is 0 Å². The van der Waals surface area contributed by atoms with Crippen LogP contribution in [0, 0.1) is 0 Å². The first-order valence-electron chi connectivity index (χ1n) is 9.28. The molecule has 0 aliphatic carbocycles. The summed E-state index contributed by atoms with van der Waals surface area (Å²) in [6.07, 6.45) is -12.6. The van der Waals surface area contributed by atoms with Crippen LogP contribution < -0.4 is 0 Å². The van der Waals surface area contributed by atoms with Crippen molar-refractivity contribution in [2.45, 2.75) is 42.7 Å². The molecule has 16 nitrogen and oxygen atoms in total. The van der Waals surface area contributed by atoms with E-state index in [1.165, 1.54) is 0 Å². The molecule has 0 fully saturated rings. The minimum absolute atomic E-state index is 0.0258. The fourth-order valence-corrected chi connectivity index (χ4v) is 1.98. The predicted molar refractivity (Wildman–Crippen MR) is 103 cm³/mol. The number of hydrogen-bond acceptors (Lipinski definition) is 15. The second-order valence-electron chi connectivity index (χ2n) is 6.55. The van der Waals surface area contributed by atoms with E-state index in [0.717, 1.165) is 12.1 Å². The van der Waals surface area contributed by atoms with Crippen molar-refractivity contribution in [1.29, 1.82) is 0 Å². The molecule has 0 aromatic carbocycles. The Morgan fingerprint density at radius 3 is 1.79 bits per heavy atom. The Kier molecular flexibility index (Phi) is 13.9. The summed E-state index contributed by atoms with van der Waals surface area (Å²) in [6.45, 7) is -2.59. The number of ketones is 1. The molecule has 10 N–H and O–H groups in total. The van der Waals surface area contributed by atoms with Crippen LogP contribution in [0.4, 0.5) is 0 Å². The average molecular weight is 498 g/mol. The van der Waals surface area contributed by atoms with Crippen LogP contribution in [0.25, 0.3) is 0 Å². The van der Waals surface area contributed by atoms with E-state index in [9.17, 15) is 29.4 Å². The average Bonchev–Trinajstić information content (AvgIpc) is 3.34. The highest BCUT2D eigenvalue weighted by atomic mass is 16.6. The number of aliphatic hydroxyl groups is 9. The zero-order chi connectivity index (χ0) is 26.6. The van der Waals surface area contributed by atoms with Crippen molar-refractivity contribution in [3.8, 4) is 0 Å². The van der Waals surface area contributed by atoms with Gasteiger partial charge in [-0.1, -0.05) is 0 Å². The van der Waals surface area contributed by atoms with Gasteiger partial charge < -0.3 is 65.0 Å². The van der Waals surface area contributed by atoms with E-state index in [2.05, 4.69) is 9.15 Å². The number of esters is 1. The van der Waals surface area contributed by atoms with Crippen molar-refractivity contribution in [1.82, 2.24) is 0 Å². The van der Waals surface area contributed by atoms with Crippen LogP contribution in [-0.2, 0) is 14.3 Å². The number of carbonyl (C=O) groups excluding carboxylic acids is 3. The van der Waals surface area contributed by atoms with Gasteiger partial charge in [0.25, 0.3) is 0 Å². The number of Topliss-reactive ketones (excluding diaryl/α,β-unsaturated/α-hetero) is 1. The molecular formula is C18H26O16. The normalized spacial score (nSPS) is 17.1. The van der Waals surface area contributed by atoms with Crippen LogP contribution in [0.3, 0.4) is 0 Å². The largest absolute Gasteiger partial charge is 0.475 e. The fraction of sp³-hybridized carbons (Fsp3) is 0.556. The van der Waals surface area contributed by atoms with Crippen LogP contribution in [0.2, 0.25) is 0 Å². The van der Waals surface area contributed by atoms with Gasteiger partial charge in [0.1, 0.15) is 42.7 Å². The number of carboxylic acids is 1. The number of ether oxygens (including phenoxy) is 1. The monoisotopic (exact) mass is 498 g/mol. The highest BCUT2D eigenvalue weighted by molar-refractivity contribution is 5.92. The van der Waals surface area contributed by atoms with Gasteiger partial charge in [0.2, 0.25) is 17.3 Å². The lowest BCUT2D eigenvalue weighted by Gasteiger charge is -2.22. The quantitative estimate of drug-likeness (QED) is 0.0895. The Morgan fingerprint density at radius 2 is 1.35 bits per heavy atom. The van der Waals surface area contributed by atoms with Gasteiger partial charge in [0.15, 0.2) is 12.9 Å². The van der Waals surface area contributed by atoms with E-state index in [1.807, 2.05) is 0 Å². The summed E-state index contributed by atoms with van der Waals surface area (Å²) in [5.41, 5.74) is 0. The lowest BCUT2D eigenvalue weighted by atomic mass is 10.0. The number of aliphatic hydroxyl groups excluding tert-OH is 9. The molecule has 0 amide bonds. The van der Waals surface area contributed by atoms with Crippen LogP contribution in [0.1, 0.15) is 21.1 Å². The molecule has 1 aromatic rings. The summed E-state index contributed by atoms with van der Waals surface area (Å²) >= 11 is 0. The molecule has 7 atom stereocenters. The number of aldehydes is 1. The topological polar surface area (TPSA) is 293 Å². The highest BCUT2D eigenvalue weighted by Crippen LogP contribution is 2.10. The highest BCUT2D eigenvalue weighted by Gasteiger charge is 2.31. The zero-order valence-corrected chi connectivity index (χ0v) is 17.3. The van der Waals surface area contributed by atoms with E-state index >= 15 is 0 Å². The minimum Gasteiger partial charge on any atom is -0.475 e. The van der Waals surface area contributed by atoms with E-state index in [1.54, 1.807) is 0 Å². The SMILES string of the molecule is O=C(O)c1ccc(C(=O)OCC(=O)[C@@H](O)[C@H](O)[C@H](O)CO)o1.O=C[C@H](O)[C@@H](O)[C@H](O)[C@H](O)CO. The third-order valence-electron chi connectivity index (χ3n) is 4.02. The second-order valence-corrected chi connectivity index (χ2v) is 6.55. The molecule has 0 aliphatic rings. The van der Waals surface area contributed by atoms with Crippen molar-refractivity contribution in [3.05, 3.63) is 23.7 Å². The molecule has 194 valence electrons. The molecule has 0 bridgehead atoms. The molecule has 0 unspecified atom stereocenters. The lowest BCUT2D eigenvalue weighted by Crippen LogP contribution is -2.46. The van der Waals surface area contributed by atoms with Crippen molar-refractivity contribution >= 4 is 24.0 Å². The first-order valence-corrected chi connectivity index (χ1v) is 9.28. The Bertz CT molecular complexity index is 791. The van der Waals surface area contributed by atoms with E-state index < -0.39 is 91.8 Å². The maximum atomic E-state index is 11.5. The summed E-state index contributed by atoms with van der Waals surface area (Å²) in [7, 11) is 0. The fourth-order valence-electron chi connectivity index (χ4n) is 1.98. The number of furan rings is 1. The molecule has 16 heteroatoms. The third kappa shape index (κ3) is 9.59. The molecule has 1 heterocycles. The molecule has 1 aromatic heterocycles. The van der Waals surface area contributed by atoms with Crippen molar-refractivity contribution < 1.29 is 79.4 Å². The minimum atomic E-state index is -2.07. The van der Waals surface area contributed by atoms with Crippen LogP contribution >= 0.6 is 0 Å². The summed E-state index contributed by atoms with van der Waals surface area (Å²) in [5, 5.41) is 88.5. The first kappa shape index (κ1) is 31.2. The van der Waals surface area contributed by atoms with E-state index in [-0.39, 0.29) is 6.29 Å². The zero-order valence-electron chi connectivity index (χ0n) is 17.3. The summed E-state index contributed by atoms with van der Waals surface area (Å²) in [5.74, 6) is -4.63. The summed E-state index contributed by atoms with van der Waals surface area (Å²) < 4.78 is 9.11. The van der Waals surface area contributed by atoms with Crippen LogP contribution in [0.15, 0.2) is 16.5 Å². The Labute approximate surface area is 190 Å². The van der Waals surface area contributed by atoms with Crippen molar-refractivity contribution in [2.24, 2.45) is 0 Å². The molecule has 0 aliphatic heterocycles. The smallest absolute Gasteiger partial charge is 0.374 e. The maximum Gasteiger partial charge on any atom is 0.374 e. The van der Waals surface area contributed by atoms with Crippen molar-refractivity contribution in [2.75, 3.05) is 19.8 Å². The molecule has 0 saturated heterocycles. The maximum absolute atomic E-state index is 11.5. The van der Waals surface area contributed by atoms with Gasteiger partial charge >= 0.3 is 11.9 Å². The number of carboxylic acid groups (broad SMARTS) is 1. The molecule has 0 spiro atoms. The first-order chi connectivity index (χ1) is 15.8. The van der Waals surface area contributed by atoms with Gasteiger partial charge in [-0.05, 0) is 12.1 Å². The van der Waals surface area contributed by atoms with Gasteiger partial charge in [-0.15, -0.1) is 0 Å². The molecule has 0 saturated carbocycles. The molecule has 0 radical (unpaired) electrons. The predicted octanol–water partition coefficient (Wildman–Crippen LogP) is -5.60. The van der Waals surface area contributed by atoms with Gasteiger partial charge in [0, 0.05) is 0 Å². The Hall–Kier alpha value is -2.80. The third-order valence-corrected chi connectivity index (χ3v) is 4.02. The van der Waals surface area contributed by atoms with Gasteiger partial charge in [-0.3, -0.25) is 4.79 Å². The van der Waals surface area contributed by atoms with Crippen molar-refractivity contribution in [3.63, 3.8) is 0 Å². The number of carbonyl (C=O) groups is 4. The Morgan fingerprint density at radius 1 is 0.853 bits per heavy atom.